The van der Waals surface area contributed by atoms with Crippen molar-refractivity contribution in [1.82, 2.24) is 4.98 Å². The third kappa shape index (κ3) is 1.42. The molecule has 0 aliphatic rings. The van der Waals surface area contributed by atoms with Gasteiger partial charge in [-0.3, -0.25) is 4.98 Å². The topological polar surface area (TPSA) is 12.9 Å². The zero-order valence-corrected chi connectivity index (χ0v) is 6.45. The van der Waals surface area contributed by atoms with Crippen LogP contribution in [-0.4, -0.2) is 4.98 Å². The first-order valence-electron chi connectivity index (χ1n) is 2.09. The molecule has 0 saturated heterocycles. The predicted octanol–water partition coefficient (Wildman–Crippen LogP) is 2.51. The number of nitrogens with zero attached hydrogens (tertiary/aromatic N) is 1. The highest BCUT2D eigenvalue weighted by Gasteiger charge is 1.82. The Morgan fingerprint density at radius 3 is 3.12 bits per heavy atom. The van der Waals surface area contributed by atoms with Gasteiger partial charge < -0.3 is 0 Å². The zero-order chi connectivity index (χ0) is 5.82. The molecule has 1 rings (SSSR count). The largest absolute Gasteiger partial charge is 0.253 e. The van der Waals surface area contributed by atoms with Gasteiger partial charge in [-0.25, -0.2) is 0 Å². The Labute approximate surface area is 60.2 Å². The van der Waals surface area contributed by atoms with Gasteiger partial charge in [0, 0.05) is 11.1 Å². The molecule has 0 spiro atoms. The maximum atomic E-state index is 3.89. The summed E-state index contributed by atoms with van der Waals surface area (Å²) in [5, 5.41) is 0. The summed E-state index contributed by atoms with van der Waals surface area (Å²) in [6, 6.07) is 0. The van der Waals surface area contributed by atoms with Crippen LogP contribution in [0.3, 0.4) is 0 Å². The first kappa shape index (κ1) is 5.98. The Morgan fingerprint density at radius 2 is 2.62 bits per heavy atom. The van der Waals surface area contributed by atoms with E-state index < -0.39 is 0 Å². The maximum absolute atomic E-state index is 3.89. The van der Waals surface area contributed by atoms with Gasteiger partial charge in [0.15, 0.2) is 0 Å². The summed E-state index contributed by atoms with van der Waals surface area (Å²) in [7, 11) is 0. The van der Waals surface area contributed by atoms with Crippen molar-refractivity contribution in [3.05, 3.63) is 21.6 Å². The molecule has 0 amide bonds. The molecule has 0 atom stereocenters. The lowest BCUT2D eigenvalue weighted by Gasteiger charge is -1.72. The second kappa shape index (κ2) is 2.99. The van der Waals surface area contributed by atoms with Crippen molar-refractivity contribution < 1.29 is 0 Å². The highest BCUT2D eigenvalue weighted by molar-refractivity contribution is 9.11. The lowest BCUT2D eigenvalue weighted by Crippen LogP contribution is -1.52. The lowest BCUT2D eigenvalue weighted by atomic mass is 10.6. The van der Waals surface area contributed by atoms with Crippen LogP contribution in [0.5, 0.6) is 0 Å². The first-order valence-corrected chi connectivity index (χ1v) is 3.88. The van der Waals surface area contributed by atoms with E-state index in [0.29, 0.717) is 0 Å². The molecule has 0 fully saturated rings. The minimum atomic E-state index is 1.17. The van der Waals surface area contributed by atoms with Gasteiger partial charge in [-0.2, -0.15) is 0 Å². The highest BCUT2D eigenvalue weighted by Crippen LogP contribution is 2.07. The zero-order valence-electron chi connectivity index (χ0n) is 4.04. The van der Waals surface area contributed by atoms with Crippen molar-refractivity contribution in [1.29, 1.82) is 0 Å². The van der Waals surface area contributed by atoms with Gasteiger partial charge >= 0.3 is 0 Å². The first-order chi connectivity index (χ1) is 3.93. The van der Waals surface area contributed by atoms with Crippen LogP contribution in [0.15, 0.2) is 16.7 Å². The third-order valence-corrected chi connectivity index (χ3v) is 1.68. The molecule has 0 aliphatic heterocycles. The summed E-state index contributed by atoms with van der Waals surface area (Å²) in [5.74, 6) is 0. The van der Waals surface area contributed by atoms with Gasteiger partial charge in [0.1, 0.15) is 0 Å². The predicted molar refractivity (Wildman–Crippen MR) is 40.1 cm³/mol. The lowest BCUT2D eigenvalue weighted by molar-refractivity contribution is 1.42. The Bertz CT molecular complexity index is 169. The molecule has 1 heterocycles. The van der Waals surface area contributed by atoms with Crippen LogP contribution in [0.1, 0.15) is 4.88 Å². The minimum Gasteiger partial charge on any atom is -0.253 e. The number of hydrogen-bond acceptors (Lipinski definition) is 2. The molecule has 3 heteroatoms. The van der Waals surface area contributed by atoms with Crippen molar-refractivity contribution in [2.75, 3.05) is 0 Å². The van der Waals surface area contributed by atoms with E-state index in [1.165, 1.54) is 4.88 Å². The third-order valence-electron chi connectivity index (χ3n) is 0.679. The quantitative estimate of drug-likeness (QED) is 0.662. The van der Waals surface area contributed by atoms with E-state index in [0.717, 1.165) is 0 Å². The van der Waals surface area contributed by atoms with Gasteiger partial charge in [-0.1, -0.05) is 15.9 Å². The second-order valence-electron chi connectivity index (χ2n) is 1.20. The van der Waals surface area contributed by atoms with Gasteiger partial charge in [0.05, 0.1) is 5.51 Å². The normalized spacial score (nSPS) is 10.6. The molecule has 0 aliphatic carbocycles. The molecule has 0 bridgehead atoms. The van der Waals surface area contributed by atoms with Crippen LogP contribution in [0.25, 0.3) is 6.08 Å². The van der Waals surface area contributed by atoms with Crippen LogP contribution >= 0.6 is 27.3 Å². The SMILES string of the molecule is BrC=Cc1cncs1. The fourth-order valence-corrected chi connectivity index (χ4v) is 1.34. The summed E-state index contributed by atoms with van der Waals surface area (Å²) < 4.78 is 0. The van der Waals surface area contributed by atoms with E-state index in [1.807, 2.05) is 22.8 Å². The van der Waals surface area contributed by atoms with E-state index >= 15 is 0 Å². The molecule has 0 aromatic carbocycles. The van der Waals surface area contributed by atoms with Crippen molar-refractivity contribution in [2.45, 2.75) is 0 Å². The van der Waals surface area contributed by atoms with Crippen molar-refractivity contribution in [2.24, 2.45) is 0 Å². The Hall–Kier alpha value is -0.150. The Morgan fingerprint density at radius 1 is 1.75 bits per heavy atom. The van der Waals surface area contributed by atoms with Crippen LogP contribution in [0.2, 0.25) is 0 Å². The summed E-state index contributed by atoms with van der Waals surface area (Å²) in [4.78, 5) is 6.88. The van der Waals surface area contributed by atoms with Crippen molar-refractivity contribution in [3.8, 4) is 0 Å². The number of aromatic nitrogens is 1. The smallest absolute Gasteiger partial charge is 0.0797 e. The monoisotopic (exact) mass is 189 g/mol. The average molecular weight is 190 g/mol. The van der Waals surface area contributed by atoms with E-state index in [1.54, 1.807) is 11.3 Å². The molecule has 42 valence electrons. The van der Waals surface area contributed by atoms with Gasteiger partial charge in [0.2, 0.25) is 0 Å². The highest BCUT2D eigenvalue weighted by atomic mass is 79.9. The molecule has 1 nitrogen and oxygen atoms in total. The molecule has 0 unspecified atom stereocenters. The fraction of sp³-hybridized carbons (Fsp3) is 0. The van der Waals surface area contributed by atoms with Gasteiger partial charge in [-0.15, -0.1) is 11.3 Å². The van der Waals surface area contributed by atoms with E-state index in [9.17, 15) is 0 Å². The fourth-order valence-electron chi connectivity index (χ4n) is 0.370. The molecule has 0 saturated carbocycles. The standard InChI is InChI=1S/C5H4BrNS/c6-2-1-5-3-7-4-8-5/h1-4H. The van der Waals surface area contributed by atoms with E-state index in [2.05, 4.69) is 20.9 Å². The Kier molecular flexibility index (Phi) is 2.24. The average Bonchev–Trinajstić information content (AvgIpc) is 2.19. The molecule has 1 aromatic heterocycles. The van der Waals surface area contributed by atoms with E-state index in [4.69, 9.17) is 0 Å². The molecule has 1 aromatic rings. The van der Waals surface area contributed by atoms with Crippen molar-refractivity contribution in [3.63, 3.8) is 0 Å². The molecular formula is C5H4BrNS. The summed E-state index contributed by atoms with van der Waals surface area (Å²) >= 11 is 4.79. The van der Waals surface area contributed by atoms with Gasteiger partial charge in [-0.05, 0) is 11.1 Å². The van der Waals surface area contributed by atoms with Crippen LogP contribution in [-0.2, 0) is 0 Å². The Balaban J connectivity index is 2.77. The number of halogens is 1. The minimum absolute atomic E-state index is 1.17. The number of thiazole rings is 1. The maximum Gasteiger partial charge on any atom is 0.0797 e. The second-order valence-corrected chi connectivity index (χ2v) is 2.64. The van der Waals surface area contributed by atoms with E-state index in [-0.39, 0.29) is 0 Å². The molecule has 0 N–H and O–H groups in total. The van der Waals surface area contributed by atoms with Gasteiger partial charge in [0.25, 0.3) is 0 Å². The molecular weight excluding hydrogens is 186 g/mol. The molecule has 0 radical (unpaired) electrons. The summed E-state index contributed by atoms with van der Waals surface area (Å²) in [6.45, 7) is 0. The number of hydrogen-bond donors (Lipinski definition) is 0. The summed E-state index contributed by atoms with van der Waals surface area (Å²) in [5.41, 5.74) is 1.81. The van der Waals surface area contributed by atoms with Crippen LogP contribution < -0.4 is 0 Å². The number of rotatable bonds is 1. The van der Waals surface area contributed by atoms with Crippen molar-refractivity contribution >= 4 is 33.3 Å². The van der Waals surface area contributed by atoms with Crippen LogP contribution in [0.4, 0.5) is 0 Å². The molecule has 8 heavy (non-hydrogen) atoms. The van der Waals surface area contributed by atoms with Crippen LogP contribution in [0, 0.1) is 0 Å². The summed E-state index contributed by atoms with van der Waals surface area (Å²) in [6.07, 6.45) is 3.78.